The molecular weight excluding hydrogens is 244 g/mol. The van der Waals surface area contributed by atoms with Gasteiger partial charge in [0.15, 0.2) is 5.58 Å². The van der Waals surface area contributed by atoms with E-state index < -0.39 is 0 Å². The second-order valence-electron chi connectivity index (χ2n) is 4.77. The number of anilines is 1. The SMILES string of the molecule is OCCOC1CCCN(c2nc3ccccc3o2)C1. The van der Waals surface area contributed by atoms with Gasteiger partial charge in [-0.05, 0) is 25.0 Å². The zero-order valence-electron chi connectivity index (χ0n) is 10.8. The molecule has 0 saturated carbocycles. The van der Waals surface area contributed by atoms with Crippen LogP contribution in [0.1, 0.15) is 12.8 Å². The molecule has 5 heteroatoms. The fraction of sp³-hybridized carbons (Fsp3) is 0.500. The first-order valence-corrected chi connectivity index (χ1v) is 6.70. The molecule has 0 bridgehead atoms. The molecule has 0 aliphatic carbocycles. The van der Waals surface area contributed by atoms with Crippen LogP contribution in [0, 0.1) is 0 Å². The number of para-hydroxylation sites is 2. The maximum absolute atomic E-state index is 8.81. The third kappa shape index (κ3) is 2.72. The molecule has 2 aromatic rings. The molecule has 2 heterocycles. The summed E-state index contributed by atoms with van der Waals surface area (Å²) < 4.78 is 11.4. The summed E-state index contributed by atoms with van der Waals surface area (Å²) in [5.41, 5.74) is 1.70. The van der Waals surface area contributed by atoms with Gasteiger partial charge in [-0.15, -0.1) is 0 Å². The van der Waals surface area contributed by atoms with Crippen molar-refractivity contribution in [3.8, 4) is 0 Å². The average molecular weight is 262 g/mol. The van der Waals surface area contributed by atoms with E-state index in [-0.39, 0.29) is 12.7 Å². The number of benzene rings is 1. The van der Waals surface area contributed by atoms with Crippen molar-refractivity contribution in [2.45, 2.75) is 18.9 Å². The predicted molar refractivity (Wildman–Crippen MR) is 72.3 cm³/mol. The molecule has 102 valence electrons. The van der Waals surface area contributed by atoms with E-state index in [0.717, 1.165) is 37.0 Å². The van der Waals surface area contributed by atoms with E-state index in [1.165, 1.54) is 0 Å². The molecule has 1 fully saturated rings. The minimum atomic E-state index is 0.0688. The normalized spacial score (nSPS) is 20.1. The number of hydrogen-bond donors (Lipinski definition) is 1. The van der Waals surface area contributed by atoms with Crippen LogP contribution in [0.3, 0.4) is 0 Å². The van der Waals surface area contributed by atoms with Gasteiger partial charge in [0.25, 0.3) is 6.01 Å². The highest BCUT2D eigenvalue weighted by atomic mass is 16.5. The van der Waals surface area contributed by atoms with Gasteiger partial charge < -0.3 is 19.2 Å². The quantitative estimate of drug-likeness (QED) is 0.910. The van der Waals surface area contributed by atoms with Crippen LogP contribution >= 0.6 is 0 Å². The Labute approximate surface area is 111 Å². The molecule has 0 spiro atoms. The third-order valence-electron chi connectivity index (χ3n) is 3.38. The Balaban J connectivity index is 1.73. The Bertz CT molecular complexity index is 507. The molecule has 1 N–H and O–H groups in total. The molecule has 3 rings (SSSR count). The van der Waals surface area contributed by atoms with Crippen LogP contribution in [0.4, 0.5) is 6.01 Å². The van der Waals surface area contributed by atoms with Crippen molar-refractivity contribution in [1.82, 2.24) is 4.98 Å². The number of aromatic nitrogens is 1. The summed E-state index contributed by atoms with van der Waals surface area (Å²) in [4.78, 5) is 6.62. The number of aliphatic hydroxyl groups is 1. The van der Waals surface area contributed by atoms with Crippen LogP contribution in [0.25, 0.3) is 11.1 Å². The topological polar surface area (TPSA) is 58.7 Å². The number of rotatable bonds is 4. The maximum atomic E-state index is 8.81. The minimum absolute atomic E-state index is 0.0688. The van der Waals surface area contributed by atoms with Crippen molar-refractivity contribution in [3.63, 3.8) is 0 Å². The summed E-state index contributed by atoms with van der Waals surface area (Å²) in [5.74, 6) is 0. The van der Waals surface area contributed by atoms with Gasteiger partial charge in [0.05, 0.1) is 19.3 Å². The third-order valence-corrected chi connectivity index (χ3v) is 3.38. The first kappa shape index (κ1) is 12.4. The molecule has 1 atom stereocenters. The largest absolute Gasteiger partial charge is 0.423 e. The van der Waals surface area contributed by atoms with Crippen LogP contribution < -0.4 is 4.90 Å². The van der Waals surface area contributed by atoms with E-state index >= 15 is 0 Å². The van der Waals surface area contributed by atoms with Gasteiger partial charge in [-0.3, -0.25) is 0 Å². The lowest BCUT2D eigenvalue weighted by atomic mass is 10.1. The lowest BCUT2D eigenvalue weighted by Gasteiger charge is -2.31. The molecule has 1 aromatic carbocycles. The van der Waals surface area contributed by atoms with Crippen molar-refractivity contribution in [1.29, 1.82) is 0 Å². The monoisotopic (exact) mass is 262 g/mol. The van der Waals surface area contributed by atoms with E-state index in [1.54, 1.807) is 0 Å². The predicted octanol–water partition coefficient (Wildman–Crippen LogP) is 1.81. The lowest BCUT2D eigenvalue weighted by Crippen LogP contribution is -2.40. The number of hydrogen-bond acceptors (Lipinski definition) is 5. The van der Waals surface area contributed by atoms with E-state index in [0.29, 0.717) is 12.6 Å². The van der Waals surface area contributed by atoms with Gasteiger partial charge in [0, 0.05) is 13.1 Å². The summed E-state index contributed by atoms with van der Waals surface area (Å²) in [6, 6.07) is 8.44. The fourth-order valence-electron chi connectivity index (χ4n) is 2.46. The molecule has 1 aliphatic heterocycles. The van der Waals surface area contributed by atoms with E-state index in [9.17, 15) is 0 Å². The highest BCUT2D eigenvalue weighted by Gasteiger charge is 2.23. The molecule has 1 saturated heterocycles. The van der Waals surface area contributed by atoms with Crippen LogP contribution in [-0.2, 0) is 4.74 Å². The fourth-order valence-corrected chi connectivity index (χ4v) is 2.46. The molecule has 0 radical (unpaired) electrons. The van der Waals surface area contributed by atoms with Gasteiger partial charge in [-0.2, -0.15) is 4.98 Å². The van der Waals surface area contributed by atoms with Gasteiger partial charge >= 0.3 is 0 Å². The summed E-state index contributed by atoms with van der Waals surface area (Å²) >= 11 is 0. The molecule has 19 heavy (non-hydrogen) atoms. The van der Waals surface area contributed by atoms with Gasteiger partial charge in [0.2, 0.25) is 0 Å². The second kappa shape index (κ2) is 5.59. The molecule has 1 aliphatic rings. The van der Waals surface area contributed by atoms with Crippen LogP contribution in [0.5, 0.6) is 0 Å². The van der Waals surface area contributed by atoms with E-state index in [1.807, 2.05) is 24.3 Å². The molecular formula is C14H18N2O3. The van der Waals surface area contributed by atoms with Crippen molar-refractivity contribution in [3.05, 3.63) is 24.3 Å². The summed E-state index contributed by atoms with van der Waals surface area (Å²) in [7, 11) is 0. The highest BCUT2D eigenvalue weighted by Crippen LogP contribution is 2.25. The van der Waals surface area contributed by atoms with Crippen LogP contribution in [-0.4, -0.2) is 42.5 Å². The number of nitrogens with zero attached hydrogens (tertiary/aromatic N) is 2. The highest BCUT2D eigenvalue weighted by molar-refractivity contribution is 5.74. The number of oxazole rings is 1. The Morgan fingerprint density at radius 3 is 3.16 bits per heavy atom. The van der Waals surface area contributed by atoms with Crippen LogP contribution in [0.15, 0.2) is 28.7 Å². The van der Waals surface area contributed by atoms with E-state index in [2.05, 4.69) is 9.88 Å². The lowest BCUT2D eigenvalue weighted by molar-refractivity contribution is 0.0208. The molecule has 5 nitrogen and oxygen atoms in total. The zero-order valence-corrected chi connectivity index (χ0v) is 10.8. The van der Waals surface area contributed by atoms with Crippen LogP contribution in [0.2, 0.25) is 0 Å². The van der Waals surface area contributed by atoms with E-state index in [4.69, 9.17) is 14.3 Å². The second-order valence-corrected chi connectivity index (χ2v) is 4.77. The smallest absolute Gasteiger partial charge is 0.298 e. The Hall–Kier alpha value is -1.59. The average Bonchev–Trinajstić information content (AvgIpc) is 2.89. The van der Waals surface area contributed by atoms with Gasteiger partial charge in [0.1, 0.15) is 5.52 Å². The molecule has 0 amide bonds. The summed E-state index contributed by atoms with van der Waals surface area (Å²) in [6.07, 6.45) is 2.22. The van der Waals surface area contributed by atoms with Crippen molar-refractivity contribution in [2.24, 2.45) is 0 Å². The zero-order chi connectivity index (χ0) is 13.1. The molecule has 1 aromatic heterocycles. The van der Waals surface area contributed by atoms with Crippen molar-refractivity contribution >= 4 is 17.1 Å². The van der Waals surface area contributed by atoms with Gasteiger partial charge in [-0.25, -0.2) is 0 Å². The number of aliphatic hydroxyl groups excluding tert-OH is 1. The number of piperidine rings is 1. The Kier molecular flexibility index (Phi) is 3.66. The Morgan fingerprint density at radius 2 is 2.32 bits per heavy atom. The van der Waals surface area contributed by atoms with Crippen molar-refractivity contribution < 1.29 is 14.3 Å². The van der Waals surface area contributed by atoms with Gasteiger partial charge in [-0.1, -0.05) is 12.1 Å². The van der Waals surface area contributed by atoms with Crippen molar-refractivity contribution in [2.75, 3.05) is 31.2 Å². The first-order valence-electron chi connectivity index (χ1n) is 6.70. The summed E-state index contributed by atoms with van der Waals surface area (Å²) in [6.45, 7) is 2.17. The summed E-state index contributed by atoms with van der Waals surface area (Å²) in [5, 5.41) is 8.81. The standard InChI is InChI=1S/C14H18N2O3/c17-8-9-18-11-4-3-7-16(10-11)14-15-12-5-1-2-6-13(12)19-14/h1-2,5-6,11,17H,3-4,7-10H2. The first-order chi connectivity index (χ1) is 9.36. The Morgan fingerprint density at radius 1 is 1.42 bits per heavy atom. The molecule has 1 unspecified atom stereocenters. The minimum Gasteiger partial charge on any atom is -0.423 e. The maximum Gasteiger partial charge on any atom is 0.298 e. The number of fused-ring (bicyclic) bond motifs is 1. The number of ether oxygens (including phenoxy) is 1.